The molecule has 1 aromatic carbocycles. The second-order valence-electron chi connectivity index (χ2n) is 9.65. The van der Waals surface area contributed by atoms with Crippen LogP contribution in [0.1, 0.15) is 43.7 Å². The predicted octanol–water partition coefficient (Wildman–Crippen LogP) is 2.93. The molecule has 2 atom stereocenters. The Kier molecular flexibility index (Phi) is 10.2. The molecule has 3 aromatic rings. The molecule has 0 bridgehead atoms. The predicted molar refractivity (Wildman–Crippen MR) is 156 cm³/mol. The van der Waals surface area contributed by atoms with Gasteiger partial charge in [0.25, 0.3) is 11.8 Å². The van der Waals surface area contributed by atoms with E-state index in [-0.39, 0.29) is 49.6 Å². The number of fused-ring (bicyclic) bond motifs is 2. The van der Waals surface area contributed by atoms with Gasteiger partial charge in [0.15, 0.2) is 5.01 Å². The molecule has 1 saturated heterocycles. The van der Waals surface area contributed by atoms with E-state index in [1.165, 1.54) is 18.4 Å². The summed E-state index contributed by atoms with van der Waals surface area (Å²) in [6.45, 7) is 2.55. The number of amides is 2. The van der Waals surface area contributed by atoms with Gasteiger partial charge in [0, 0.05) is 46.9 Å². The second kappa shape index (κ2) is 12.8. The standard InChI is InChI=1S/C25H29ClN6O4S.2ClH/c1-32-8-6-17-19(12-32)37-24(29-17)23(35)31-25(11-21(33)36-2)13-27-7-5-20(25)30-22(34)18-10-14-9-15(26)3-4-16(14)28-18;;/h3-4,9-10,20,27-28H,5-8,11-13H2,1-2H3,(H,30,34)(H,31,35);2*1H. The van der Waals surface area contributed by atoms with Crippen molar-refractivity contribution in [3.8, 4) is 0 Å². The van der Waals surface area contributed by atoms with E-state index < -0.39 is 17.6 Å². The zero-order chi connectivity index (χ0) is 26.2. The lowest BCUT2D eigenvalue weighted by Gasteiger charge is -2.44. The van der Waals surface area contributed by atoms with Crippen LogP contribution < -0.4 is 16.0 Å². The number of esters is 1. The molecule has 2 aliphatic rings. The lowest BCUT2D eigenvalue weighted by atomic mass is 9.81. The molecule has 14 heteroatoms. The van der Waals surface area contributed by atoms with Gasteiger partial charge in [0.1, 0.15) is 5.69 Å². The summed E-state index contributed by atoms with van der Waals surface area (Å²) in [5, 5.41) is 11.1. The molecule has 10 nitrogen and oxygen atoms in total. The minimum Gasteiger partial charge on any atom is -0.469 e. The van der Waals surface area contributed by atoms with Crippen LogP contribution >= 0.6 is 47.8 Å². The van der Waals surface area contributed by atoms with E-state index in [1.54, 1.807) is 18.2 Å². The molecule has 0 radical (unpaired) electrons. The summed E-state index contributed by atoms with van der Waals surface area (Å²) in [6, 6.07) is 6.55. The van der Waals surface area contributed by atoms with Gasteiger partial charge < -0.3 is 30.6 Å². The SMILES string of the molecule is COC(=O)CC1(NC(=O)c2nc3c(s2)CN(C)CC3)CNCCC1NC(=O)c1cc2cc(Cl)ccc2[nH]1.Cl.Cl. The summed E-state index contributed by atoms with van der Waals surface area (Å²) in [5.74, 6) is -1.19. The average molecular weight is 618 g/mol. The molecule has 39 heavy (non-hydrogen) atoms. The van der Waals surface area contributed by atoms with Crippen LogP contribution in [0.2, 0.25) is 5.02 Å². The highest BCUT2D eigenvalue weighted by atomic mass is 35.5. The monoisotopic (exact) mass is 616 g/mol. The Morgan fingerprint density at radius 3 is 2.82 bits per heavy atom. The number of ether oxygens (including phenoxy) is 1. The van der Waals surface area contributed by atoms with Gasteiger partial charge in [-0.2, -0.15) is 0 Å². The largest absolute Gasteiger partial charge is 0.469 e. The Balaban J connectivity index is 0.00000210. The summed E-state index contributed by atoms with van der Waals surface area (Å²) < 4.78 is 4.96. The fourth-order valence-electron chi connectivity index (χ4n) is 5.02. The van der Waals surface area contributed by atoms with E-state index in [0.717, 1.165) is 41.0 Å². The Hall–Kier alpha value is -2.41. The first-order valence-electron chi connectivity index (χ1n) is 12.1. The number of carbonyl (C=O) groups is 3. The van der Waals surface area contributed by atoms with Crippen LogP contribution in [0.25, 0.3) is 10.9 Å². The molecule has 2 unspecified atom stereocenters. The van der Waals surface area contributed by atoms with Crippen LogP contribution in [0.15, 0.2) is 24.3 Å². The van der Waals surface area contributed by atoms with Crippen molar-refractivity contribution < 1.29 is 19.1 Å². The van der Waals surface area contributed by atoms with Crippen molar-refractivity contribution in [2.24, 2.45) is 0 Å². The number of hydrogen-bond donors (Lipinski definition) is 4. The third-order valence-electron chi connectivity index (χ3n) is 7.02. The Morgan fingerprint density at radius 2 is 2.05 bits per heavy atom. The highest BCUT2D eigenvalue weighted by Crippen LogP contribution is 2.28. The lowest BCUT2D eigenvalue weighted by molar-refractivity contribution is -0.142. The van der Waals surface area contributed by atoms with Crippen molar-refractivity contribution in [3.05, 3.63) is 50.6 Å². The second-order valence-corrected chi connectivity index (χ2v) is 11.2. The number of nitrogens with one attached hydrogen (secondary N) is 4. The van der Waals surface area contributed by atoms with Crippen molar-refractivity contribution in [1.82, 2.24) is 30.8 Å². The molecule has 2 aliphatic heterocycles. The third-order valence-corrected chi connectivity index (χ3v) is 8.33. The molecule has 4 heterocycles. The molecule has 2 amide bonds. The number of H-pyrrole nitrogens is 1. The van der Waals surface area contributed by atoms with Crippen LogP contribution in [0, 0.1) is 0 Å². The highest BCUT2D eigenvalue weighted by Gasteiger charge is 2.46. The van der Waals surface area contributed by atoms with Gasteiger partial charge in [-0.25, -0.2) is 4.98 Å². The van der Waals surface area contributed by atoms with Crippen LogP contribution in [0.3, 0.4) is 0 Å². The maximum absolute atomic E-state index is 13.4. The Bertz CT molecular complexity index is 1360. The van der Waals surface area contributed by atoms with Gasteiger partial charge in [0.05, 0.1) is 30.8 Å². The minimum absolute atomic E-state index is 0. The van der Waals surface area contributed by atoms with Gasteiger partial charge in [-0.3, -0.25) is 14.4 Å². The number of likely N-dealkylation sites (N-methyl/N-ethyl adjacent to an activating group) is 1. The number of nitrogens with zero attached hydrogens (tertiary/aromatic N) is 2. The van der Waals surface area contributed by atoms with Crippen molar-refractivity contribution in [3.63, 3.8) is 0 Å². The number of halogens is 3. The summed E-state index contributed by atoms with van der Waals surface area (Å²) in [5.41, 5.74) is 0.995. The summed E-state index contributed by atoms with van der Waals surface area (Å²) in [6.07, 6.45) is 1.19. The molecule has 212 valence electrons. The maximum atomic E-state index is 13.4. The molecule has 5 rings (SSSR count). The van der Waals surface area contributed by atoms with Gasteiger partial charge >= 0.3 is 5.97 Å². The quantitative estimate of drug-likeness (QED) is 0.313. The maximum Gasteiger partial charge on any atom is 0.308 e. The molecule has 1 fully saturated rings. The van der Waals surface area contributed by atoms with E-state index in [4.69, 9.17) is 16.3 Å². The smallest absolute Gasteiger partial charge is 0.308 e. The molecule has 0 saturated carbocycles. The first-order valence-corrected chi connectivity index (χ1v) is 13.3. The van der Waals surface area contributed by atoms with Crippen LogP contribution in [-0.2, 0) is 22.5 Å². The van der Waals surface area contributed by atoms with E-state index in [1.807, 2.05) is 13.1 Å². The lowest BCUT2D eigenvalue weighted by Crippen LogP contribution is -2.70. The number of benzene rings is 1. The van der Waals surface area contributed by atoms with Crippen LogP contribution in [0.5, 0.6) is 0 Å². The number of methoxy groups -OCH3 is 1. The van der Waals surface area contributed by atoms with Gasteiger partial charge in [0.2, 0.25) is 0 Å². The number of carbonyl (C=O) groups excluding carboxylic acids is 3. The number of rotatable bonds is 6. The molecular weight excluding hydrogens is 587 g/mol. The van der Waals surface area contributed by atoms with Crippen LogP contribution in [0.4, 0.5) is 0 Å². The Labute approximate surface area is 247 Å². The van der Waals surface area contributed by atoms with Gasteiger partial charge in [-0.15, -0.1) is 36.2 Å². The number of aromatic amines is 1. The van der Waals surface area contributed by atoms with Gasteiger partial charge in [-0.1, -0.05) is 11.6 Å². The fourth-order valence-corrected chi connectivity index (χ4v) is 6.28. The van der Waals surface area contributed by atoms with Crippen molar-refractivity contribution in [2.45, 2.75) is 37.4 Å². The summed E-state index contributed by atoms with van der Waals surface area (Å²) in [4.78, 5) is 50.2. The number of aromatic nitrogens is 2. The summed E-state index contributed by atoms with van der Waals surface area (Å²) >= 11 is 7.46. The van der Waals surface area contributed by atoms with Crippen molar-refractivity contribution in [2.75, 3.05) is 33.8 Å². The minimum atomic E-state index is -1.10. The molecule has 2 aromatic heterocycles. The number of thiazole rings is 1. The molecule has 0 spiro atoms. The highest BCUT2D eigenvalue weighted by molar-refractivity contribution is 7.13. The summed E-state index contributed by atoms with van der Waals surface area (Å²) in [7, 11) is 3.35. The molecular formula is C25H31Cl3N6O4S. The van der Waals surface area contributed by atoms with E-state index in [9.17, 15) is 14.4 Å². The number of piperidine rings is 1. The third kappa shape index (κ3) is 6.67. The topological polar surface area (TPSA) is 128 Å². The molecule has 0 aliphatic carbocycles. The van der Waals surface area contributed by atoms with Gasteiger partial charge in [-0.05, 0) is 44.3 Å². The van der Waals surface area contributed by atoms with E-state index >= 15 is 0 Å². The van der Waals surface area contributed by atoms with Crippen molar-refractivity contribution >= 4 is 76.4 Å². The molecule has 4 N–H and O–H groups in total. The van der Waals surface area contributed by atoms with E-state index in [2.05, 4.69) is 30.8 Å². The normalized spacial score (nSPS) is 20.7. The fraction of sp³-hybridized carbons (Fsp3) is 0.440. The zero-order valence-electron chi connectivity index (χ0n) is 21.5. The van der Waals surface area contributed by atoms with E-state index in [0.29, 0.717) is 28.7 Å². The first kappa shape index (κ1) is 31.1. The zero-order valence-corrected chi connectivity index (χ0v) is 24.7. The first-order chi connectivity index (χ1) is 17.8. The van der Waals surface area contributed by atoms with Crippen LogP contribution in [-0.4, -0.2) is 78.0 Å². The number of hydrogen-bond acceptors (Lipinski definition) is 8. The Morgan fingerprint density at radius 1 is 1.26 bits per heavy atom. The average Bonchev–Trinajstić information content (AvgIpc) is 3.49. The van der Waals surface area contributed by atoms with Crippen molar-refractivity contribution in [1.29, 1.82) is 0 Å².